The second-order valence-electron chi connectivity index (χ2n) is 5.61. The van der Waals surface area contributed by atoms with E-state index in [1.165, 1.54) is 24.8 Å². The highest BCUT2D eigenvalue weighted by Gasteiger charge is 2.13. The van der Waals surface area contributed by atoms with E-state index in [2.05, 4.69) is 63.3 Å². The lowest BCUT2D eigenvalue weighted by molar-refractivity contribution is 0.355. The fourth-order valence-corrected chi connectivity index (χ4v) is 2.43. The maximum Gasteiger partial charge on any atom is 0.00817 e. The number of hydrogen-bond acceptors (Lipinski definition) is 1. The standard InChI is InChI=1S/C17H29N/c1-5-14(3)12-17(6-2)18-15(4)13-16-10-8-7-9-11-16/h7-11,14-15,17-18H,5-6,12-13H2,1-4H3. The van der Waals surface area contributed by atoms with Gasteiger partial charge in [0.05, 0.1) is 0 Å². The molecule has 18 heavy (non-hydrogen) atoms. The molecular weight excluding hydrogens is 218 g/mol. The highest BCUT2D eigenvalue weighted by atomic mass is 14.9. The van der Waals surface area contributed by atoms with Gasteiger partial charge in [-0.25, -0.2) is 0 Å². The zero-order valence-electron chi connectivity index (χ0n) is 12.4. The van der Waals surface area contributed by atoms with E-state index in [0.29, 0.717) is 12.1 Å². The van der Waals surface area contributed by atoms with E-state index in [0.717, 1.165) is 12.3 Å². The van der Waals surface area contributed by atoms with Crippen molar-refractivity contribution in [2.24, 2.45) is 5.92 Å². The first-order chi connectivity index (χ1) is 8.65. The van der Waals surface area contributed by atoms with Gasteiger partial charge in [0.2, 0.25) is 0 Å². The Kier molecular flexibility index (Phi) is 7.04. The smallest absolute Gasteiger partial charge is 0.00817 e. The van der Waals surface area contributed by atoms with Crippen molar-refractivity contribution in [1.29, 1.82) is 0 Å². The minimum Gasteiger partial charge on any atom is -0.311 e. The molecule has 0 amide bonds. The van der Waals surface area contributed by atoms with Crippen molar-refractivity contribution >= 4 is 0 Å². The quantitative estimate of drug-likeness (QED) is 0.717. The van der Waals surface area contributed by atoms with Crippen molar-refractivity contribution in [3.8, 4) is 0 Å². The minimum absolute atomic E-state index is 0.557. The monoisotopic (exact) mass is 247 g/mol. The Hall–Kier alpha value is -0.820. The molecule has 1 heteroatoms. The molecule has 0 aliphatic heterocycles. The van der Waals surface area contributed by atoms with Gasteiger partial charge < -0.3 is 5.32 Å². The molecule has 0 aliphatic rings. The molecule has 1 N–H and O–H groups in total. The van der Waals surface area contributed by atoms with Crippen LogP contribution in [-0.4, -0.2) is 12.1 Å². The average Bonchev–Trinajstić information content (AvgIpc) is 2.38. The van der Waals surface area contributed by atoms with Gasteiger partial charge in [-0.2, -0.15) is 0 Å². The SMILES string of the molecule is CCC(C)CC(CC)NC(C)Cc1ccccc1. The first-order valence-electron chi connectivity index (χ1n) is 7.45. The van der Waals surface area contributed by atoms with E-state index in [1.807, 2.05) is 0 Å². The van der Waals surface area contributed by atoms with Crippen molar-refractivity contribution in [2.75, 3.05) is 0 Å². The molecule has 0 heterocycles. The van der Waals surface area contributed by atoms with Crippen LogP contribution in [0.25, 0.3) is 0 Å². The Morgan fingerprint density at radius 1 is 1.00 bits per heavy atom. The van der Waals surface area contributed by atoms with Gasteiger partial charge >= 0.3 is 0 Å². The lowest BCUT2D eigenvalue weighted by Gasteiger charge is -2.24. The normalized spacial score (nSPS) is 16.2. The van der Waals surface area contributed by atoms with Crippen LogP contribution in [-0.2, 0) is 6.42 Å². The summed E-state index contributed by atoms with van der Waals surface area (Å²) >= 11 is 0. The number of rotatable bonds is 8. The first-order valence-corrected chi connectivity index (χ1v) is 7.45. The van der Waals surface area contributed by atoms with Crippen molar-refractivity contribution < 1.29 is 0 Å². The second kappa shape index (κ2) is 8.31. The summed E-state index contributed by atoms with van der Waals surface area (Å²) in [6, 6.07) is 12.0. The third-order valence-electron chi connectivity index (χ3n) is 3.78. The molecular formula is C17H29N. The lowest BCUT2D eigenvalue weighted by Crippen LogP contribution is -2.38. The summed E-state index contributed by atoms with van der Waals surface area (Å²) in [4.78, 5) is 0. The molecule has 0 radical (unpaired) electrons. The van der Waals surface area contributed by atoms with Gasteiger partial charge in [0.25, 0.3) is 0 Å². The van der Waals surface area contributed by atoms with Crippen molar-refractivity contribution in [2.45, 2.75) is 65.5 Å². The molecule has 0 saturated carbocycles. The fraction of sp³-hybridized carbons (Fsp3) is 0.647. The van der Waals surface area contributed by atoms with E-state index >= 15 is 0 Å². The molecule has 0 aliphatic carbocycles. The van der Waals surface area contributed by atoms with Gasteiger partial charge in [-0.1, -0.05) is 57.5 Å². The predicted molar refractivity (Wildman–Crippen MR) is 80.9 cm³/mol. The molecule has 0 spiro atoms. The zero-order valence-corrected chi connectivity index (χ0v) is 12.4. The van der Waals surface area contributed by atoms with Crippen LogP contribution >= 0.6 is 0 Å². The van der Waals surface area contributed by atoms with Crippen LogP contribution in [0, 0.1) is 5.92 Å². The van der Waals surface area contributed by atoms with E-state index in [4.69, 9.17) is 0 Å². The van der Waals surface area contributed by atoms with Crippen LogP contribution in [0.1, 0.15) is 52.5 Å². The topological polar surface area (TPSA) is 12.0 Å². The van der Waals surface area contributed by atoms with Crippen LogP contribution in [0.5, 0.6) is 0 Å². The Morgan fingerprint density at radius 3 is 2.22 bits per heavy atom. The minimum atomic E-state index is 0.557. The van der Waals surface area contributed by atoms with E-state index < -0.39 is 0 Å². The third-order valence-corrected chi connectivity index (χ3v) is 3.78. The summed E-state index contributed by atoms with van der Waals surface area (Å²) in [6.45, 7) is 9.22. The lowest BCUT2D eigenvalue weighted by atomic mass is 9.96. The molecule has 0 aromatic heterocycles. The summed E-state index contributed by atoms with van der Waals surface area (Å²) in [5, 5.41) is 3.78. The van der Waals surface area contributed by atoms with Crippen LogP contribution in [0.3, 0.4) is 0 Å². The molecule has 1 nitrogen and oxygen atoms in total. The largest absolute Gasteiger partial charge is 0.311 e. The molecule has 0 fully saturated rings. The van der Waals surface area contributed by atoms with Gasteiger partial charge in [-0.15, -0.1) is 0 Å². The van der Waals surface area contributed by atoms with Crippen LogP contribution in [0.2, 0.25) is 0 Å². The molecule has 3 atom stereocenters. The number of benzene rings is 1. The first kappa shape index (κ1) is 15.2. The zero-order chi connectivity index (χ0) is 13.4. The van der Waals surface area contributed by atoms with Crippen LogP contribution in [0.4, 0.5) is 0 Å². The molecule has 1 aromatic rings. The maximum absolute atomic E-state index is 3.78. The Labute approximate surface area is 113 Å². The Balaban J connectivity index is 2.39. The predicted octanol–water partition coefficient (Wildman–Crippen LogP) is 4.42. The van der Waals surface area contributed by atoms with Gasteiger partial charge in [0, 0.05) is 12.1 Å². The molecule has 0 saturated heterocycles. The summed E-state index contributed by atoms with van der Waals surface area (Å²) in [5.41, 5.74) is 1.43. The average molecular weight is 247 g/mol. The number of nitrogens with one attached hydrogen (secondary N) is 1. The summed E-state index contributed by atoms with van der Waals surface area (Å²) in [6.07, 6.45) is 4.93. The molecule has 102 valence electrons. The molecule has 1 rings (SSSR count). The van der Waals surface area contributed by atoms with Gasteiger partial charge in [0.1, 0.15) is 0 Å². The summed E-state index contributed by atoms with van der Waals surface area (Å²) in [5.74, 6) is 0.825. The molecule has 0 bridgehead atoms. The van der Waals surface area contributed by atoms with E-state index in [-0.39, 0.29) is 0 Å². The summed E-state index contributed by atoms with van der Waals surface area (Å²) < 4.78 is 0. The fourth-order valence-electron chi connectivity index (χ4n) is 2.43. The van der Waals surface area contributed by atoms with Gasteiger partial charge in [-0.3, -0.25) is 0 Å². The van der Waals surface area contributed by atoms with Crippen molar-refractivity contribution in [3.05, 3.63) is 35.9 Å². The molecule has 1 aromatic carbocycles. The Bertz CT molecular complexity index is 307. The Morgan fingerprint density at radius 2 is 1.67 bits per heavy atom. The van der Waals surface area contributed by atoms with Crippen molar-refractivity contribution in [1.82, 2.24) is 5.32 Å². The molecule has 3 unspecified atom stereocenters. The summed E-state index contributed by atoms with van der Waals surface area (Å²) in [7, 11) is 0. The van der Waals surface area contributed by atoms with Gasteiger partial charge in [0.15, 0.2) is 0 Å². The van der Waals surface area contributed by atoms with E-state index in [9.17, 15) is 0 Å². The third kappa shape index (κ3) is 5.68. The second-order valence-corrected chi connectivity index (χ2v) is 5.61. The van der Waals surface area contributed by atoms with Crippen LogP contribution in [0.15, 0.2) is 30.3 Å². The number of hydrogen-bond donors (Lipinski definition) is 1. The highest BCUT2D eigenvalue weighted by molar-refractivity contribution is 5.15. The van der Waals surface area contributed by atoms with E-state index in [1.54, 1.807) is 0 Å². The maximum atomic E-state index is 3.78. The van der Waals surface area contributed by atoms with Crippen LogP contribution < -0.4 is 5.32 Å². The highest BCUT2D eigenvalue weighted by Crippen LogP contribution is 2.13. The van der Waals surface area contributed by atoms with Gasteiger partial charge in [-0.05, 0) is 37.7 Å². The van der Waals surface area contributed by atoms with Crippen molar-refractivity contribution in [3.63, 3.8) is 0 Å².